The number of hydrogen-bond donors (Lipinski definition) is 1. The molecule has 1 atom stereocenters. The first kappa shape index (κ1) is 22.8. The summed E-state index contributed by atoms with van der Waals surface area (Å²) in [4.78, 5) is 42.0. The van der Waals surface area contributed by atoms with Gasteiger partial charge in [0.05, 0.1) is 16.1 Å². The van der Waals surface area contributed by atoms with Gasteiger partial charge in [0, 0.05) is 26.1 Å². The molecule has 2 aliphatic heterocycles. The Hall–Kier alpha value is -3.97. The summed E-state index contributed by atoms with van der Waals surface area (Å²) in [7, 11) is 1.48. The number of aromatic nitrogens is 1. The van der Waals surface area contributed by atoms with Gasteiger partial charge in [-0.25, -0.2) is 4.98 Å². The number of nitrogens with zero attached hydrogens (tertiary/aromatic N) is 2. The van der Waals surface area contributed by atoms with Crippen molar-refractivity contribution in [2.75, 3.05) is 12.8 Å². The van der Waals surface area contributed by atoms with Crippen LogP contribution in [-0.4, -0.2) is 40.6 Å². The van der Waals surface area contributed by atoms with E-state index in [0.717, 1.165) is 27.2 Å². The number of imide groups is 1. The summed E-state index contributed by atoms with van der Waals surface area (Å²) in [6, 6.07) is 12.5. The summed E-state index contributed by atoms with van der Waals surface area (Å²) >= 11 is 6.53. The number of amides is 2. The third kappa shape index (κ3) is 4.42. The Bertz CT molecular complexity index is 1400. The van der Waals surface area contributed by atoms with E-state index in [1.165, 1.54) is 13.1 Å². The van der Waals surface area contributed by atoms with E-state index >= 15 is 0 Å². The second kappa shape index (κ2) is 9.00. The summed E-state index contributed by atoms with van der Waals surface area (Å²) in [6.07, 6.45) is 6.25. The summed E-state index contributed by atoms with van der Waals surface area (Å²) in [6.45, 7) is 0. The van der Waals surface area contributed by atoms with Gasteiger partial charge in [-0.15, -0.1) is 0 Å². The molecule has 0 aliphatic carbocycles. The number of hydrogen-bond acceptors (Lipinski definition) is 6. The molecule has 3 heterocycles. The second-order valence-electron chi connectivity index (χ2n) is 8.67. The van der Waals surface area contributed by atoms with Gasteiger partial charge in [-0.3, -0.25) is 19.3 Å². The fourth-order valence-corrected chi connectivity index (χ4v) is 4.63. The normalized spacial score (nSPS) is 16.5. The van der Waals surface area contributed by atoms with Gasteiger partial charge < -0.3 is 10.5 Å². The van der Waals surface area contributed by atoms with Crippen LogP contribution in [0, 0.1) is 0 Å². The predicted molar refractivity (Wildman–Crippen MR) is 133 cm³/mol. The van der Waals surface area contributed by atoms with Crippen LogP contribution >= 0.6 is 11.6 Å². The first-order valence-electron chi connectivity index (χ1n) is 11.2. The molecule has 0 spiro atoms. The summed E-state index contributed by atoms with van der Waals surface area (Å²) in [5.41, 5.74) is 9.77. The molecule has 0 saturated carbocycles. The number of fused-ring (bicyclic) bond motifs is 2. The van der Waals surface area contributed by atoms with Gasteiger partial charge in [0.25, 0.3) is 11.8 Å². The van der Waals surface area contributed by atoms with Gasteiger partial charge in [-0.1, -0.05) is 17.7 Å². The van der Waals surface area contributed by atoms with Gasteiger partial charge >= 0.3 is 0 Å². The average Bonchev–Trinajstić information content (AvgIpc) is 3.37. The van der Waals surface area contributed by atoms with Crippen LogP contribution in [0.4, 0.5) is 5.82 Å². The molecular formula is C27H22ClN3O4. The molecule has 176 valence electrons. The fourth-order valence-electron chi connectivity index (χ4n) is 4.35. The summed E-state index contributed by atoms with van der Waals surface area (Å²) < 4.78 is 6.04. The Morgan fingerprint density at radius 3 is 2.71 bits per heavy atom. The standard InChI is InChI=1S/C27H22ClN3O4/c1-31-26(33)21-8-4-16(12-22(21)27(31)34)17-10-18-11-20(35-25(18)23(28)13-17)7-6-19(32)5-2-15-3-9-24(29)30-14-15/h2-5,8-10,12-14,20H,6-7,11H2,1H3,(H2,29,30)/b5-2+. The fraction of sp³-hybridized carbons (Fsp3) is 0.185. The van der Waals surface area contributed by atoms with Crippen LogP contribution in [-0.2, 0) is 11.2 Å². The van der Waals surface area contributed by atoms with Crippen molar-refractivity contribution in [2.45, 2.75) is 25.4 Å². The van der Waals surface area contributed by atoms with E-state index in [0.29, 0.717) is 47.0 Å². The van der Waals surface area contributed by atoms with Crippen molar-refractivity contribution in [3.05, 3.63) is 82.0 Å². The molecular weight excluding hydrogens is 466 g/mol. The van der Waals surface area contributed by atoms with E-state index in [4.69, 9.17) is 22.1 Å². The smallest absolute Gasteiger partial charge is 0.261 e. The van der Waals surface area contributed by atoms with Gasteiger partial charge in [0.1, 0.15) is 17.7 Å². The topological polar surface area (TPSA) is 103 Å². The molecule has 35 heavy (non-hydrogen) atoms. The van der Waals surface area contributed by atoms with Crippen LogP contribution in [0.5, 0.6) is 5.75 Å². The Kier molecular flexibility index (Phi) is 5.86. The highest BCUT2D eigenvalue weighted by Crippen LogP contribution is 2.41. The Labute approximate surface area is 207 Å². The molecule has 0 saturated heterocycles. The minimum absolute atomic E-state index is 0.00418. The van der Waals surface area contributed by atoms with Gasteiger partial charge in [0.15, 0.2) is 5.78 Å². The average molecular weight is 488 g/mol. The number of nitrogens with two attached hydrogens (primary N) is 1. The highest BCUT2D eigenvalue weighted by Gasteiger charge is 2.33. The number of pyridine rings is 1. The number of rotatable bonds is 6. The quantitative estimate of drug-likeness (QED) is 0.403. The minimum atomic E-state index is -0.311. The third-order valence-corrected chi connectivity index (χ3v) is 6.54. The number of carbonyl (C=O) groups excluding carboxylic acids is 3. The zero-order valence-corrected chi connectivity index (χ0v) is 19.7. The highest BCUT2D eigenvalue weighted by molar-refractivity contribution is 6.32. The monoisotopic (exact) mass is 487 g/mol. The van der Waals surface area contributed by atoms with Gasteiger partial charge in [0.2, 0.25) is 0 Å². The number of nitrogen functional groups attached to an aromatic ring is 1. The van der Waals surface area contributed by atoms with Gasteiger partial charge in [-0.05, 0) is 77.2 Å². The van der Waals surface area contributed by atoms with Crippen molar-refractivity contribution in [2.24, 2.45) is 0 Å². The van der Waals surface area contributed by atoms with Crippen molar-refractivity contribution in [3.8, 4) is 16.9 Å². The Balaban J connectivity index is 1.26. The van der Waals surface area contributed by atoms with Crippen LogP contribution in [0.15, 0.2) is 54.7 Å². The van der Waals surface area contributed by atoms with Crippen LogP contribution in [0.25, 0.3) is 17.2 Å². The lowest BCUT2D eigenvalue weighted by atomic mass is 9.97. The molecule has 2 aromatic carbocycles. The van der Waals surface area contributed by atoms with Crippen molar-refractivity contribution < 1.29 is 19.1 Å². The molecule has 0 fully saturated rings. The van der Waals surface area contributed by atoms with Crippen LogP contribution in [0.1, 0.15) is 44.7 Å². The van der Waals surface area contributed by atoms with Crippen molar-refractivity contribution in [1.82, 2.24) is 9.88 Å². The maximum atomic E-state index is 12.4. The molecule has 2 aliphatic rings. The van der Waals surface area contributed by atoms with E-state index in [1.807, 2.05) is 12.1 Å². The van der Waals surface area contributed by atoms with E-state index in [9.17, 15) is 14.4 Å². The molecule has 3 aromatic rings. The SMILES string of the molecule is CN1C(=O)c2ccc(-c3cc(Cl)c4c(c3)CC(CCC(=O)/C=C/c3ccc(N)nc3)O4)cc2C1=O. The van der Waals surface area contributed by atoms with E-state index in [-0.39, 0.29) is 23.7 Å². The molecule has 1 unspecified atom stereocenters. The summed E-state index contributed by atoms with van der Waals surface area (Å²) in [5.74, 6) is 0.447. The van der Waals surface area contributed by atoms with Crippen LogP contribution < -0.4 is 10.5 Å². The first-order chi connectivity index (χ1) is 16.8. The van der Waals surface area contributed by atoms with Crippen LogP contribution in [0.2, 0.25) is 5.02 Å². The van der Waals surface area contributed by atoms with Crippen molar-refractivity contribution in [3.63, 3.8) is 0 Å². The minimum Gasteiger partial charge on any atom is -0.488 e. The Morgan fingerprint density at radius 2 is 1.94 bits per heavy atom. The number of anilines is 1. The third-order valence-electron chi connectivity index (χ3n) is 6.26. The number of ketones is 1. The lowest BCUT2D eigenvalue weighted by molar-refractivity contribution is -0.115. The molecule has 0 bridgehead atoms. The lowest BCUT2D eigenvalue weighted by Gasteiger charge is -2.10. The van der Waals surface area contributed by atoms with Crippen molar-refractivity contribution >= 4 is 41.1 Å². The number of halogens is 1. The summed E-state index contributed by atoms with van der Waals surface area (Å²) in [5, 5.41) is 0.474. The molecule has 0 radical (unpaired) electrons. The zero-order chi connectivity index (χ0) is 24.7. The number of ether oxygens (including phenoxy) is 1. The molecule has 1 aromatic heterocycles. The molecule has 7 nitrogen and oxygen atoms in total. The van der Waals surface area contributed by atoms with Crippen LogP contribution in [0.3, 0.4) is 0 Å². The maximum absolute atomic E-state index is 12.4. The molecule has 8 heteroatoms. The predicted octanol–water partition coefficient (Wildman–Crippen LogP) is 4.58. The Morgan fingerprint density at radius 1 is 1.14 bits per heavy atom. The second-order valence-corrected chi connectivity index (χ2v) is 9.08. The number of carbonyl (C=O) groups is 3. The molecule has 2 N–H and O–H groups in total. The highest BCUT2D eigenvalue weighted by atomic mass is 35.5. The van der Waals surface area contributed by atoms with Gasteiger partial charge in [-0.2, -0.15) is 0 Å². The molecule has 5 rings (SSSR count). The maximum Gasteiger partial charge on any atom is 0.261 e. The molecule has 2 amide bonds. The van der Waals surface area contributed by atoms with E-state index in [1.54, 1.807) is 42.6 Å². The first-order valence-corrected chi connectivity index (χ1v) is 11.6. The van der Waals surface area contributed by atoms with E-state index < -0.39 is 0 Å². The number of allylic oxidation sites excluding steroid dienone is 1. The van der Waals surface area contributed by atoms with Crippen molar-refractivity contribution in [1.29, 1.82) is 0 Å². The largest absolute Gasteiger partial charge is 0.488 e. The zero-order valence-electron chi connectivity index (χ0n) is 19.0. The van der Waals surface area contributed by atoms with E-state index in [2.05, 4.69) is 4.98 Å². The lowest BCUT2D eigenvalue weighted by Crippen LogP contribution is -2.24. The number of benzene rings is 2.